The number of nitrogens with one attached hydrogen (secondary N) is 1. The Balaban J connectivity index is 1.31. The summed E-state index contributed by atoms with van der Waals surface area (Å²) in [6.07, 6.45) is 10.8. The smallest absolute Gasteiger partial charge is 0.355 e. The quantitative estimate of drug-likeness (QED) is 0.341. The van der Waals surface area contributed by atoms with Crippen LogP contribution in [0.1, 0.15) is 12.8 Å². The summed E-state index contributed by atoms with van der Waals surface area (Å²) in [6.45, 7) is 4.16. The zero-order valence-electron chi connectivity index (χ0n) is 17.8. The summed E-state index contributed by atoms with van der Waals surface area (Å²) in [6, 6.07) is 16.8. The van der Waals surface area contributed by atoms with Gasteiger partial charge in [0.1, 0.15) is 18.6 Å². The highest BCUT2D eigenvalue weighted by molar-refractivity contribution is 7.98. The summed E-state index contributed by atoms with van der Waals surface area (Å²) in [4.78, 5) is 8.47. The van der Waals surface area contributed by atoms with E-state index in [4.69, 9.17) is 9.72 Å². The summed E-state index contributed by atoms with van der Waals surface area (Å²) in [5, 5.41) is 3.32. The van der Waals surface area contributed by atoms with Crippen LogP contribution in [0.4, 0.5) is 0 Å². The Morgan fingerprint density at radius 1 is 1.06 bits per heavy atom. The molecule has 31 heavy (non-hydrogen) atoms. The highest BCUT2D eigenvalue weighted by Crippen LogP contribution is 2.27. The van der Waals surface area contributed by atoms with Crippen LogP contribution < -0.4 is 9.25 Å². The number of benzene rings is 2. The zero-order chi connectivity index (χ0) is 21.0. The summed E-state index contributed by atoms with van der Waals surface area (Å²) in [7, 11) is 0. The molecular formula is C25H27N4OS+. The van der Waals surface area contributed by atoms with Crippen molar-refractivity contribution < 1.29 is 9.25 Å². The van der Waals surface area contributed by atoms with Crippen molar-refractivity contribution in [3.63, 3.8) is 0 Å². The molecule has 2 aromatic carbocycles. The third kappa shape index (κ3) is 4.45. The van der Waals surface area contributed by atoms with Gasteiger partial charge in [0.15, 0.2) is 6.20 Å². The third-order valence-corrected chi connectivity index (χ3v) is 6.58. The standard InChI is InChI=1S/C25H26N4OS/c1-31-23-6-4-5-20(15-23)24-17-27-29-18-21(16-26-25(24)29)19-7-9-22(10-8-19)30-14-13-28-11-2-3-12-28/h4-10,15-18H,2-3,11-14H2,1H3/p+1. The van der Waals surface area contributed by atoms with Gasteiger partial charge in [-0.25, -0.2) is 5.10 Å². The molecule has 2 aromatic heterocycles. The Morgan fingerprint density at radius 3 is 2.71 bits per heavy atom. The van der Waals surface area contributed by atoms with Crippen LogP contribution in [0.2, 0.25) is 0 Å². The van der Waals surface area contributed by atoms with Crippen molar-refractivity contribution in [3.8, 4) is 28.0 Å². The molecule has 0 aliphatic carbocycles. The predicted molar refractivity (Wildman–Crippen MR) is 126 cm³/mol. The minimum Gasteiger partial charge on any atom is -0.492 e. The van der Waals surface area contributed by atoms with E-state index < -0.39 is 0 Å². The Labute approximate surface area is 187 Å². The number of hydrogen-bond acceptors (Lipinski definition) is 4. The van der Waals surface area contributed by atoms with Crippen molar-refractivity contribution in [3.05, 3.63) is 67.1 Å². The van der Waals surface area contributed by atoms with Crippen LogP contribution in [0.15, 0.2) is 72.0 Å². The van der Waals surface area contributed by atoms with Gasteiger partial charge in [0.05, 0.1) is 17.3 Å². The van der Waals surface area contributed by atoms with Gasteiger partial charge < -0.3 is 4.74 Å². The van der Waals surface area contributed by atoms with Gasteiger partial charge in [-0.1, -0.05) is 24.3 Å². The number of ether oxygens (including phenoxy) is 1. The highest BCUT2D eigenvalue weighted by Gasteiger charge is 2.17. The van der Waals surface area contributed by atoms with Gasteiger partial charge >= 0.3 is 5.65 Å². The molecule has 3 heterocycles. The normalized spacial score (nSPS) is 14.4. The van der Waals surface area contributed by atoms with Gasteiger partial charge in [0, 0.05) is 11.4 Å². The molecule has 158 valence electrons. The van der Waals surface area contributed by atoms with Crippen molar-refractivity contribution in [2.45, 2.75) is 17.7 Å². The first-order valence-corrected chi connectivity index (χ1v) is 12.0. The first-order chi connectivity index (χ1) is 15.3. The largest absolute Gasteiger partial charge is 0.492 e. The van der Waals surface area contributed by atoms with Gasteiger partial charge in [0.2, 0.25) is 0 Å². The molecule has 4 aromatic rings. The molecule has 0 bridgehead atoms. The molecule has 5 rings (SSSR count). The number of aromatic amines is 1. The molecule has 0 spiro atoms. The van der Waals surface area contributed by atoms with E-state index in [1.54, 1.807) is 11.8 Å². The van der Waals surface area contributed by atoms with Crippen LogP contribution in [0.3, 0.4) is 0 Å². The number of likely N-dealkylation sites (tertiary alicyclic amines) is 1. The summed E-state index contributed by atoms with van der Waals surface area (Å²) >= 11 is 1.75. The molecule has 1 aliphatic heterocycles. The van der Waals surface area contributed by atoms with E-state index in [0.29, 0.717) is 0 Å². The molecule has 1 saturated heterocycles. The molecule has 0 radical (unpaired) electrons. The van der Waals surface area contributed by atoms with Crippen LogP contribution in [0, 0.1) is 0 Å². The van der Waals surface area contributed by atoms with E-state index >= 15 is 0 Å². The first kappa shape index (κ1) is 20.1. The fourth-order valence-electron chi connectivity index (χ4n) is 4.12. The summed E-state index contributed by atoms with van der Waals surface area (Å²) in [5.74, 6) is 0.917. The fourth-order valence-corrected chi connectivity index (χ4v) is 4.58. The maximum Gasteiger partial charge on any atom is 0.355 e. The van der Waals surface area contributed by atoms with Crippen molar-refractivity contribution in [1.82, 2.24) is 15.0 Å². The lowest BCUT2D eigenvalue weighted by Gasteiger charge is -2.14. The Hall–Kier alpha value is -2.83. The molecule has 0 amide bonds. The first-order valence-electron chi connectivity index (χ1n) is 10.8. The Kier molecular flexibility index (Phi) is 5.91. The van der Waals surface area contributed by atoms with Gasteiger partial charge in [-0.05, 0) is 72.6 Å². The second-order valence-corrected chi connectivity index (χ2v) is 8.76. The summed E-state index contributed by atoms with van der Waals surface area (Å²) < 4.78 is 7.91. The minimum atomic E-state index is 0.742. The molecule has 0 unspecified atom stereocenters. The van der Waals surface area contributed by atoms with E-state index in [0.717, 1.165) is 41.2 Å². The summed E-state index contributed by atoms with van der Waals surface area (Å²) in [5.41, 5.74) is 5.37. The van der Waals surface area contributed by atoms with Crippen LogP contribution in [0.5, 0.6) is 5.75 Å². The lowest BCUT2D eigenvalue weighted by atomic mass is 10.1. The lowest BCUT2D eigenvalue weighted by molar-refractivity contribution is -0.578. The van der Waals surface area contributed by atoms with Gasteiger partial charge in [0.25, 0.3) is 0 Å². The molecule has 0 saturated carbocycles. The molecule has 6 heteroatoms. The van der Waals surface area contributed by atoms with Crippen molar-refractivity contribution in [1.29, 1.82) is 0 Å². The predicted octanol–water partition coefficient (Wildman–Crippen LogP) is 4.68. The lowest BCUT2D eigenvalue weighted by Crippen LogP contribution is -2.25. The van der Waals surface area contributed by atoms with Crippen molar-refractivity contribution in [2.24, 2.45) is 0 Å². The van der Waals surface area contributed by atoms with Crippen molar-refractivity contribution in [2.75, 3.05) is 32.5 Å². The van der Waals surface area contributed by atoms with E-state index in [1.807, 2.05) is 29.0 Å². The molecule has 1 aliphatic rings. The SMILES string of the molecule is CSc1cccc(-c2c[nH][n+]3cc(-c4ccc(OCCN5CCCC5)cc4)cnc23)c1. The Morgan fingerprint density at radius 2 is 1.90 bits per heavy atom. The number of hydrogen-bond donors (Lipinski definition) is 1. The molecule has 5 nitrogen and oxygen atoms in total. The van der Waals surface area contributed by atoms with E-state index in [2.05, 4.69) is 58.8 Å². The number of aromatic nitrogens is 3. The van der Waals surface area contributed by atoms with E-state index in [-0.39, 0.29) is 0 Å². The van der Waals surface area contributed by atoms with E-state index in [1.165, 1.54) is 36.4 Å². The third-order valence-electron chi connectivity index (χ3n) is 5.85. The minimum absolute atomic E-state index is 0.742. The molecular weight excluding hydrogens is 404 g/mol. The van der Waals surface area contributed by atoms with Crippen LogP contribution in [0.25, 0.3) is 27.9 Å². The number of fused-ring (bicyclic) bond motifs is 1. The zero-order valence-corrected chi connectivity index (χ0v) is 18.6. The molecule has 1 N–H and O–H groups in total. The number of H-pyrrole nitrogens is 1. The number of nitrogens with zero attached hydrogens (tertiary/aromatic N) is 3. The molecule has 0 atom stereocenters. The van der Waals surface area contributed by atoms with Gasteiger partial charge in [-0.15, -0.1) is 16.3 Å². The second-order valence-electron chi connectivity index (χ2n) is 7.88. The average Bonchev–Trinajstić information content (AvgIpc) is 3.49. The monoisotopic (exact) mass is 431 g/mol. The fraction of sp³-hybridized carbons (Fsp3) is 0.280. The molecule has 1 fully saturated rings. The van der Waals surface area contributed by atoms with Gasteiger partial charge in [-0.2, -0.15) is 0 Å². The number of rotatable bonds is 7. The van der Waals surface area contributed by atoms with Crippen LogP contribution in [-0.2, 0) is 0 Å². The maximum atomic E-state index is 5.93. The maximum absolute atomic E-state index is 5.93. The number of thioether (sulfide) groups is 1. The van der Waals surface area contributed by atoms with Crippen LogP contribution >= 0.6 is 11.8 Å². The topological polar surface area (TPSA) is 45.2 Å². The van der Waals surface area contributed by atoms with Crippen molar-refractivity contribution >= 4 is 17.4 Å². The van der Waals surface area contributed by atoms with Crippen LogP contribution in [-0.4, -0.2) is 47.5 Å². The second kappa shape index (κ2) is 9.12. The van der Waals surface area contributed by atoms with E-state index in [9.17, 15) is 0 Å². The van der Waals surface area contributed by atoms with Gasteiger partial charge in [-0.3, -0.25) is 4.90 Å². The highest BCUT2D eigenvalue weighted by atomic mass is 32.2. The Bertz CT molecular complexity index is 1170. The average molecular weight is 432 g/mol.